The molecule has 4 rings (SSSR count). The third kappa shape index (κ3) is 3.61. The average Bonchev–Trinajstić information content (AvgIpc) is 3.06. The summed E-state index contributed by atoms with van der Waals surface area (Å²) in [5.74, 6) is 0. The minimum absolute atomic E-state index is 0.00212. The van der Waals surface area contributed by atoms with Crippen molar-refractivity contribution in [3.63, 3.8) is 0 Å². The molecule has 164 valence electrons. The van der Waals surface area contributed by atoms with Crippen molar-refractivity contribution in [1.29, 1.82) is 0 Å². The lowest BCUT2D eigenvalue weighted by Gasteiger charge is -2.04. The largest absolute Gasteiger partial charge is 0.290 e. The molecule has 1 aliphatic carbocycles. The molecule has 0 amide bonds. The lowest BCUT2D eigenvalue weighted by atomic mass is 10.0. The van der Waals surface area contributed by atoms with Crippen molar-refractivity contribution in [3.05, 3.63) is 105 Å². The molecule has 0 saturated heterocycles. The van der Waals surface area contributed by atoms with Crippen LogP contribution < -0.4 is 0 Å². The summed E-state index contributed by atoms with van der Waals surface area (Å²) in [7, 11) is 0. The molecular formula is C19H8ClN5O8. The summed E-state index contributed by atoms with van der Waals surface area (Å²) in [5, 5.41) is 45.4. The summed E-state index contributed by atoms with van der Waals surface area (Å²) >= 11 is 5.82. The fourth-order valence-corrected chi connectivity index (χ4v) is 3.68. The molecule has 0 saturated carbocycles. The van der Waals surface area contributed by atoms with E-state index >= 15 is 0 Å². The summed E-state index contributed by atoms with van der Waals surface area (Å²) < 4.78 is 0. The van der Waals surface area contributed by atoms with Crippen LogP contribution in [0.15, 0.2) is 53.5 Å². The van der Waals surface area contributed by atoms with Gasteiger partial charge in [0.2, 0.25) is 0 Å². The number of nitrogens with zero attached hydrogens (tertiary/aromatic N) is 5. The van der Waals surface area contributed by atoms with E-state index in [0.29, 0.717) is 0 Å². The van der Waals surface area contributed by atoms with E-state index in [4.69, 9.17) is 11.6 Å². The van der Waals surface area contributed by atoms with Crippen LogP contribution in [0.2, 0.25) is 5.02 Å². The Morgan fingerprint density at radius 2 is 1.27 bits per heavy atom. The quantitative estimate of drug-likeness (QED) is 0.284. The summed E-state index contributed by atoms with van der Waals surface area (Å²) in [6.45, 7) is 0. The molecule has 1 aliphatic rings. The number of halogens is 1. The highest BCUT2D eigenvalue weighted by Crippen LogP contribution is 2.46. The van der Waals surface area contributed by atoms with Crippen LogP contribution in [0.3, 0.4) is 0 Å². The molecule has 33 heavy (non-hydrogen) atoms. The van der Waals surface area contributed by atoms with Crippen LogP contribution in [-0.2, 0) is 0 Å². The van der Waals surface area contributed by atoms with Gasteiger partial charge in [-0.3, -0.25) is 40.5 Å². The van der Waals surface area contributed by atoms with E-state index < -0.39 is 36.8 Å². The maximum absolute atomic E-state index is 11.7. The van der Waals surface area contributed by atoms with Gasteiger partial charge in [-0.15, -0.1) is 0 Å². The van der Waals surface area contributed by atoms with E-state index in [1.54, 1.807) is 0 Å². The van der Waals surface area contributed by atoms with Crippen LogP contribution in [0.5, 0.6) is 0 Å². The Labute approximate surface area is 187 Å². The molecule has 3 aromatic carbocycles. The number of hydrogen-bond donors (Lipinski definition) is 0. The number of nitro benzene ring substituents is 4. The zero-order valence-electron chi connectivity index (χ0n) is 16.0. The molecule has 0 N–H and O–H groups in total. The fraction of sp³-hybridized carbons (Fsp3) is 0. The van der Waals surface area contributed by atoms with Crippen molar-refractivity contribution >= 4 is 45.7 Å². The van der Waals surface area contributed by atoms with E-state index in [-0.39, 0.29) is 44.4 Å². The molecule has 0 bridgehead atoms. The van der Waals surface area contributed by atoms with E-state index in [0.717, 1.165) is 30.3 Å². The normalized spacial score (nSPS) is 12.8. The Hall–Kier alpha value is -4.78. The minimum atomic E-state index is -0.816. The van der Waals surface area contributed by atoms with Gasteiger partial charge < -0.3 is 0 Å². The van der Waals surface area contributed by atoms with Crippen molar-refractivity contribution in [2.24, 2.45) is 4.99 Å². The van der Waals surface area contributed by atoms with Crippen molar-refractivity contribution in [1.82, 2.24) is 0 Å². The Balaban J connectivity index is 2.07. The van der Waals surface area contributed by atoms with Gasteiger partial charge in [0.25, 0.3) is 22.7 Å². The van der Waals surface area contributed by atoms with Crippen LogP contribution in [-0.4, -0.2) is 25.4 Å². The Morgan fingerprint density at radius 1 is 0.636 bits per heavy atom. The van der Waals surface area contributed by atoms with Crippen LogP contribution in [0.1, 0.15) is 11.1 Å². The summed E-state index contributed by atoms with van der Waals surface area (Å²) in [4.78, 5) is 46.9. The van der Waals surface area contributed by atoms with Crippen LogP contribution in [0.4, 0.5) is 28.4 Å². The van der Waals surface area contributed by atoms with E-state index in [1.165, 1.54) is 18.2 Å². The number of non-ortho nitro benzene ring substituents is 2. The highest BCUT2D eigenvalue weighted by atomic mass is 35.5. The van der Waals surface area contributed by atoms with Crippen LogP contribution in [0.25, 0.3) is 11.1 Å². The van der Waals surface area contributed by atoms with Gasteiger partial charge in [0.05, 0.1) is 42.7 Å². The second-order valence-corrected chi connectivity index (χ2v) is 7.15. The number of aliphatic imine (C=N–C) groups is 1. The SMILES string of the molecule is O=[N+]([O-])c1ccc2c(c1)C(=Nc1ccc(Cl)c([N+](=O)[O-])c1)c1cc([N+](=O)[O-])cc([N+](=O)[O-])c1-2. The number of benzene rings is 3. The van der Waals surface area contributed by atoms with Gasteiger partial charge in [-0.2, -0.15) is 0 Å². The lowest BCUT2D eigenvalue weighted by molar-refractivity contribution is -0.393. The second kappa shape index (κ2) is 7.72. The van der Waals surface area contributed by atoms with E-state index in [1.807, 2.05) is 0 Å². The van der Waals surface area contributed by atoms with Gasteiger partial charge in [-0.1, -0.05) is 11.6 Å². The highest BCUT2D eigenvalue weighted by Gasteiger charge is 2.36. The first-order valence-electron chi connectivity index (χ1n) is 8.87. The smallest absolute Gasteiger partial charge is 0.258 e. The molecular weight excluding hydrogens is 462 g/mol. The van der Waals surface area contributed by atoms with Gasteiger partial charge in [-0.25, -0.2) is 4.99 Å². The molecule has 14 heteroatoms. The molecule has 0 radical (unpaired) electrons. The molecule has 0 unspecified atom stereocenters. The van der Waals surface area contributed by atoms with Gasteiger partial charge in [0, 0.05) is 35.4 Å². The van der Waals surface area contributed by atoms with Crippen molar-refractivity contribution < 1.29 is 19.7 Å². The lowest BCUT2D eigenvalue weighted by Crippen LogP contribution is -2.01. The topological polar surface area (TPSA) is 185 Å². The zero-order valence-corrected chi connectivity index (χ0v) is 16.8. The number of fused-ring (bicyclic) bond motifs is 3. The highest BCUT2D eigenvalue weighted by molar-refractivity contribution is 6.32. The number of hydrogen-bond acceptors (Lipinski definition) is 9. The summed E-state index contributed by atoms with van der Waals surface area (Å²) in [5.41, 5.74) is -1.69. The minimum Gasteiger partial charge on any atom is -0.258 e. The predicted octanol–water partition coefficient (Wildman–Crippen LogP) is 5.12. The van der Waals surface area contributed by atoms with E-state index in [2.05, 4.69) is 4.99 Å². The third-order valence-corrected chi connectivity index (χ3v) is 5.19. The Kier molecular flexibility index (Phi) is 5.02. The van der Waals surface area contributed by atoms with Crippen molar-refractivity contribution in [3.8, 4) is 11.1 Å². The van der Waals surface area contributed by atoms with Gasteiger partial charge in [0.1, 0.15) is 5.02 Å². The average molecular weight is 470 g/mol. The maximum Gasteiger partial charge on any atom is 0.290 e. The first-order chi connectivity index (χ1) is 15.6. The predicted molar refractivity (Wildman–Crippen MR) is 115 cm³/mol. The first kappa shape index (κ1) is 21.5. The molecule has 0 aromatic heterocycles. The molecule has 0 atom stereocenters. The first-order valence-corrected chi connectivity index (χ1v) is 9.25. The summed E-state index contributed by atoms with van der Waals surface area (Å²) in [6, 6.07) is 9.03. The molecule has 3 aromatic rings. The third-order valence-electron chi connectivity index (χ3n) is 4.87. The molecule has 0 heterocycles. The number of nitro groups is 4. The molecule has 0 fully saturated rings. The van der Waals surface area contributed by atoms with Gasteiger partial charge in [0.15, 0.2) is 0 Å². The molecule has 0 spiro atoms. The van der Waals surface area contributed by atoms with Crippen LogP contribution in [0, 0.1) is 40.5 Å². The summed E-state index contributed by atoms with van der Waals surface area (Å²) in [6.07, 6.45) is 0. The standard InChI is InChI=1S/C19H8ClN5O8/c20-15-4-1-9(5-16(15)24(30)31)21-19-13-6-10(22(26)27)2-3-12(13)18-14(19)7-11(23(28)29)8-17(18)25(32)33/h1-8H. The zero-order chi connectivity index (χ0) is 24.0. The number of rotatable bonds is 5. The van der Waals surface area contributed by atoms with Crippen LogP contribution >= 0.6 is 11.6 Å². The van der Waals surface area contributed by atoms with Crippen molar-refractivity contribution in [2.75, 3.05) is 0 Å². The van der Waals surface area contributed by atoms with Crippen molar-refractivity contribution in [2.45, 2.75) is 0 Å². The van der Waals surface area contributed by atoms with Gasteiger partial charge in [-0.05, 0) is 23.8 Å². The van der Waals surface area contributed by atoms with E-state index in [9.17, 15) is 40.5 Å². The molecule has 0 aliphatic heterocycles. The Morgan fingerprint density at radius 3 is 1.88 bits per heavy atom. The molecule has 13 nitrogen and oxygen atoms in total. The maximum atomic E-state index is 11.7. The fourth-order valence-electron chi connectivity index (χ4n) is 3.50. The van der Waals surface area contributed by atoms with Gasteiger partial charge >= 0.3 is 0 Å². The second-order valence-electron chi connectivity index (χ2n) is 6.74. The monoisotopic (exact) mass is 469 g/mol. The Bertz CT molecular complexity index is 1450.